The lowest BCUT2D eigenvalue weighted by molar-refractivity contribution is -0.139. The second-order valence-electron chi connectivity index (χ2n) is 4.29. The van der Waals surface area contributed by atoms with Gasteiger partial charge < -0.3 is 15.7 Å². The smallest absolute Gasteiger partial charge is 0.326 e. The summed E-state index contributed by atoms with van der Waals surface area (Å²) in [7, 11) is 0. The molecule has 3 N–H and O–H groups in total. The second-order valence-corrected chi connectivity index (χ2v) is 5.16. The lowest BCUT2D eigenvalue weighted by Gasteiger charge is -2.15. The van der Waals surface area contributed by atoms with Crippen LogP contribution >= 0.6 is 23.2 Å². The molecule has 0 aliphatic carbocycles. The van der Waals surface area contributed by atoms with Crippen LogP contribution in [-0.2, 0) is 4.79 Å². The first-order valence-corrected chi connectivity index (χ1v) is 6.94. The lowest BCUT2D eigenvalue weighted by Crippen LogP contribution is -2.42. The summed E-state index contributed by atoms with van der Waals surface area (Å²) < 4.78 is 0. The molecule has 0 aromatic heterocycles. The number of nitrogens with one attached hydrogen (secondary N) is 2. The Labute approximate surface area is 127 Å². The molecule has 0 saturated heterocycles. The minimum Gasteiger partial charge on any atom is -0.480 e. The average molecular weight is 319 g/mol. The van der Waals surface area contributed by atoms with Gasteiger partial charge in [0.2, 0.25) is 0 Å². The van der Waals surface area contributed by atoms with Crippen molar-refractivity contribution in [3.05, 3.63) is 28.2 Å². The van der Waals surface area contributed by atoms with Crippen LogP contribution < -0.4 is 10.6 Å². The third kappa shape index (κ3) is 5.67. The molecular weight excluding hydrogens is 303 g/mol. The molecule has 0 radical (unpaired) electrons. The van der Waals surface area contributed by atoms with Gasteiger partial charge >= 0.3 is 12.0 Å². The van der Waals surface area contributed by atoms with E-state index in [-0.39, 0.29) is 0 Å². The van der Waals surface area contributed by atoms with Gasteiger partial charge in [-0.3, -0.25) is 0 Å². The fourth-order valence-electron chi connectivity index (χ4n) is 1.62. The quantitative estimate of drug-likeness (QED) is 0.747. The van der Waals surface area contributed by atoms with Crippen molar-refractivity contribution in [2.75, 3.05) is 5.32 Å². The molecule has 1 aromatic rings. The Morgan fingerprint density at radius 1 is 1.25 bits per heavy atom. The molecule has 0 spiro atoms. The molecule has 110 valence electrons. The fraction of sp³-hybridized carbons (Fsp3) is 0.385. The van der Waals surface area contributed by atoms with Crippen molar-refractivity contribution >= 4 is 40.9 Å². The molecule has 1 atom stereocenters. The molecule has 0 saturated carbocycles. The molecule has 1 rings (SSSR count). The predicted molar refractivity (Wildman–Crippen MR) is 79.6 cm³/mol. The van der Waals surface area contributed by atoms with Gasteiger partial charge in [0.1, 0.15) is 6.04 Å². The third-order valence-electron chi connectivity index (χ3n) is 2.57. The number of carboxylic acids is 1. The molecule has 7 heteroatoms. The van der Waals surface area contributed by atoms with E-state index in [1.807, 2.05) is 6.92 Å². The number of aliphatic carboxylic acids is 1. The van der Waals surface area contributed by atoms with Crippen LogP contribution in [0.3, 0.4) is 0 Å². The van der Waals surface area contributed by atoms with E-state index in [4.69, 9.17) is 28.3 Å². The van der Waals surface area contributed by atoms with E-state index in [9.17, 15) is 9.59 Å². The van der Waals surface area contributed by atoms with Crippen LogP contribution in [0.15, 0.2) is 18.2 Å². The Morgan fingerprint density at radius 2 is 1.85 bits per heavy atom. The van der Waals surface area contributed by atoms with E-state index < -0.39 is 18.0 Å². The fourth-order valence-corrected chi connectivity index (χ4v) is 2.14. The molecule has 5 nitrogen and oxygen atoms in total. The van der Waals surface area contributed by atoms with Crippen molar-refractivity contribution in [1.29, 1.82) is 0 Å². The molecule has 0 bridgehead atoms. The maximum Gasteiger partial charge on any atom is 0.326 e. The van der Waals surface area contributed by atoms with E-state index in [1.54, 1.807) is 0 Å². The van der Waals surface area contributed by atoms with Crippen molar-refractivity contribution in [2.45, 2.75) is 32.2 Å². The highest BCUT2D eigenvalue weighted by atomic mass is 35.5. The topological polar surface area (TPSA) is 78.4 Å². The Hall–Kier alpha value is -1.46. The predicted octanol–water partition coefficient (Wildman–Crippen LogP) is 3.76. The Morgan fingerprint density at radius 3 is 2.35 bits per heavy atom. The standard InChI is InChI=1S/C13H16Cl2N2O3/c1-2-3-4-11(12(18)19)17-13(20)16-10-6-8(14)5-9(15)7-10/h5-7,11H,2-4H2,1H3,(H,18,19)(H2,16,17,20). The van der Waals surface area contributed by atoms with Crippen molar-refractivity contribution < 1.29 is 14.7 Å². The van der Waals surface area contributed by atoms with Gasteiger partial charge in [0.15, 0.2) is 0 Å². The Kier molecular flexibility index (Phi) is 6.61. The summed E-state index contributed by atoms with van der Waals surface area (Å²) in [6.07, 6.45) is 1.97. The number of benzene rings is 1. The first-order valence-electron chi connectivity index (χ1n) is 6.18. The van der Waals surface area contributed by atoms with Gasteiger partial charge in [-0.25, -0.2) is 9.59 Å². The number of rotatable bonds is 6. The number of anilines is 1. The molecule has 20 heavy (non-hydrogen) atoms. The second kappa shape index (κ2) is 7.97. The van der Waals surface area contributed by atoms with Gasteiger partial charge in [-0.15, -0.1) is 0 Å². The van der Waals surface area contributed by atoms with Crippen LogP contribution in [-0.4, -0.2) is 23.1 Å². The SMILES string of the molecule is CCCCC(NC(=O)Nc1cc(Cl)cc(Cl)c1)C(=O)O. The molecule has 0 fully saturated rings. The first kappa shape index (κ1) is 16.6. The van der Waals surface area contributed by atoms with Gasteiger partial charge in [0.25, 0.3) is 0 Å². The summed E-state index contributed by atoms with van der Waals surface area (Å²) in [5.74, 6) is -1.06. The third-order valence-corrected chi connectivity index (χ3v) is 3.01. The number of amides is 2. The lowest BCUT2D eigenvalue weighted by atomic mass is 10.1. The highest BCUT2D eigenvalue weighted by Gasteiger charge is 2.19. The van der Waals surface area contributed by atoms with Crippen molar-refractivity contribution in [3.63, 3.8) is 0 Å². The average Bonchev–Trinajstić information content (AvgIpc) is 2.32. The number of hydrogen-bond donors (Lipinski definition) is 3. The summed E-state index contributed by atoms with van der Waals surface area (Å²) in [5, 5.41) is 14.7. The monoisotopic (exact) mass is 318 g/mol. The number of halogens is 2. The summed E-state index contributed by atoms with van der Waals surface area (Å²) in [5.41, 5.74) is 0.402. The summed E-state index contributed by atoms with van der Waals surface area (Å²) >= 11 is 11.6. The van der Waals surface area contributed by atoms with E-state index >= 15 is 0 Å². The van der Waals surface area contributed by atoms with Crippen LogP contribution in [0.4, 0.5) is 10.5 Å². The van der Waals surface area contributed by atoms with Crippen LogP contribution in [0, 0.1) is 0 Å². The van der Waals surface area contributed by atoms with Crippen LogP contribution in [0.2, 0.25) is 10.0 Å². The number of carbonyl (C=O) groups excluding carboxylic acids is 1. The normalized spacial score (nSPS) is 11.8. The number of hydrogen-bond acceptors (Lipinski definition) is 2. The zero-order valence-electron chi connectivity index (χ0n) is 11.0. The largest absolute Gasteiger partial charge is 0.480 e. The number of carbonyl (C=O) groups is 2. The van der Waals surface area contributed by atoms with Crippen molar-refractivity contribution in [3.8, 4) is 0 Å². The zero-order chi connectivity index (χ0) is 15.1. The molecule has 1 aromatic carbocycles. The van der Waals surface area contributed by atoms with Gasteiger partial charge in [-0.05, 0) is 24.6 Å². The Balaban J connectivity index is 2.63. The van der Waals surface area contributed by atoms with Gasteiger partial charge in [0, 0.05) is 15.7 Å². The Bertz CT molecular complexity index is 474. The maximum absolute atomic E-state index is 11.7. The number of urea groups is 1. The highest BCUT2D eigenvalue weighted by molar-refractivity contribution is 6.35. The van der Waals surface area contributed by atoms with Gasteiger partial charge in [-0.1, -0.05) is 43.0 Å². The van der Waals surface area contributed by atoms with E-state index in [2.05, 4.69) is 10.6 Å². The van der Waals surface area contributed by atoms with Gasteiger partial charge in [-0.2, -0.15) is 0 Å². The van der Waals surface area contributed by atoms with E-state index in [0.717, 1.165) is 12.8 Å². The summed E-state index contributed by atoms with van der Waals surface area (Å²) in [4.78, 5) is 22.8. The summed E-state index contributed by atoms with van der Waals surface area (Å²) in [6.45, 7) is 1.95. The molecule has 2 amide bonds. The van der Waals surface area contributed by atoms with E-state index in [1.165, 1.54) is 18.2 Å². The molecule has 0 heterocycles. The van der Waals surface area contributed by atoms with Crippen LogP contribution in [0.5, 0.6) is 0 Å². The molecule has 0 aliphatic rings. The zero-order valence-corrected chi connectivity index (χ0v) is 12.5. The molecular formula is C13H16Cl2N2O3. The minimum absolute atomic E-state index is 0.383. The first-order chi connectivity index (χ1) is 9.42. The van der Waals surface area contributed by atoms with E-state index in [0.29, 0.717) is 22.2 Å². The highest BCUT2D eigenvalue weighted by Crippen LogP contribution is 2.22. The number of unbranched alkanes of at least 4 members (excludes halogenated alkanes) is 1. The molecule has 1 unspecified atom stereocenters. The minimum atomic E-state index is -1.06. The maximum atomic E-state index is 11.7. The van der Waals surface area contributed by atoms with Crippen molar-refractivity contribution in [1.82, 2.24) is 5.32 Å². The van der Waals surface area contributed by atoms with Crippen molar-refractivity contribution in [2.24, 2.45) is 0 Å². The molecule has 0 aliphatic heterocycles. The van der Waals surface area contributed by atoms with Gasteiger partial charge in [0.05, 0.1) is 0 Å². The summed E-state index contributed by atoms with van der Waals surface area (Å²) in [6, 6.07) is 3.06. The number of carboxylic acid groups (broad SMARTS) is 1. The van der Waals surface area contributed by atoms with Crippen LogP contribution in [0.1, 0.15) is 26.2 Å². The van der Waals surface area contributed by atoms with Crippen LogP contribution in [0.25, 0.3) is 0 Å².